The molecule has 0 unspecified atom stereocenters. The van der Waals surface area contributed by atoms with Gasteiger partial charge in [-0.2, -0.15) is 4.81 Å². The average molecular weight is 358 g/mol. The zero-order valence-corrected chi connectivity index (χ0v) is 12.5. The van der Waals surface area contributed by atoms with E-state index >= 15 is 0 Å². The fourth-order valence-corrected chi connectivity index (χ4v) is 2.83. The molecule has 10 nitrogen and oxygen atoms in total. The van der Waals surface area contributed by atoms with E-state index in [9.17, 15) is 25.2 Å². The van der Waals surface area contributed by atoms with Gasteiger partial charge in [-0.15, -0.1) is 0 Å². The van der Waals surface area contributed by atoms with Crippen molar-refractivity contribution in [1.29, 1.82) is 0 Å². The van der Waals surface area contributed by atoms with E-state index < -0.39 is 41.5 Å². The van der Waals surface area contributed by atoms with E-state index in [1.807, 2.05) is 0 Å². The molecule has 6 bridgehead atoms. The highest BCUT2D eigenvalue weighted by Crippen LogP contribution is 2.53. The number of rotatable bonds is 1. The minimum atomic E-state index is -1.51. The molecule has 4 aliphatic heterocycles. The summed E-state index contributed by atoms with van der Waals surface area (Å²) in [5, 5.41) is 39.3. The van der Waals surface area contributed by atoms with Gasteiger partial charge in [0.25, 0.3) is 5.75 Å². The number of aromatic hydroxyl groups is 4. The molecule has 5 heterocycles. The Labute approximate surface area is 143 Å². The van der Waals surface area contributed by atoms with Crippen LogP contribution in [0.15, 0.2) is 27.4 Å². The molecular formula is C15H7BO10. The Morgan fingerprint density at radius 2 is 1.65 bits per heavy atom. The minimum Gasteiger partial charge on any atom is -0.504 e. The van der Waals surface area contributed by atoms with E-state index in [1.165, 1.54) is 12.1 Å². The summed E-state index contributed by atoms with van der Waals surface area (Å²) in [6.45, 7) is 0. The Morgan fingerprint density at radius 1 is 0.885 bits per heavy atom. The van der Waals surface area contributed by atoms with Gasteiger partial charge in [-0.25, -0.2) is 0 Å². The molecule has 4 aliphatic rings. The highest BCUT2D eigenvalue weighted by molar-refractivity contribution is 6.40. The summed E-state index contributed by atoms with van der Waals surface area (Å²) in [4.78, 5) is 22.7. The highest BCUT2D eigenvalue weighted by Gasteiger charge is 2.44. The van der Waals surface area contributed by atoms with Crippen molar-refractivity contribution in [2.45, 2.75) is 0 Å². The molecule has 0 spiro atoms. The molecular weight excluding hydrogens is 351 g/mol. The Morgan fingerprint density at radius 3 is 2.42 bits per heavy atom. The predicted octanol–water partition coefficient (Wildman–Crippen LogP) is 1.36. The molecule has 130 valence electrons. The van der Waals surface area contributed by atoms with E-state index in [-0.39, 0.29) is 33.8 Å². The lowest BCUT2D eigenvalue weighted by atomic mass is 10.1. The van der Waals surface area contributed by atoms with Crippen molar-refractivity contribution in [3.8, 4) is 51.6 Å². The van der Waals surface area contributed by atoms with E-state index in [0.29, 0.717) is 0 Å². The predicted molar refractivity (Wildman–Crippen MR) is 83.3 cm³/mol. The molecule has 0 saturated carbocycles. The quantitative estimate of drug-likeness (QED) is 0.285. The van der Waals surface area contributed by atoms with Crippen LogP contribution in [-0.2, 0) is 4.81 Å². The molecule has 0 fully saturated rings. The Balaban J connectivity index is 1.94. The summed E-state index contributed by atoms with van der Waals surface area (Å²) in [7, 11) is -1.51. The van der Waals surface area contributed by atoms with Gasteiger partial charge < -0.3 is 39.0 Å². The normalized spacial score (nSPS) is 14.1. The average Bonchev–Trinajstić information content (AvgIpc) is 2.71. The van der Waals surface area contributed by atoms with Crippen molar-refractivity contribution in [1.82, 2.24) is 0 Å². The molecule has 0 atom stereocenters. The number of benzene rings is 2. The van der Waals surface area contributed by atoms with Gasteiger partial charge in [-0.1, -0.05) is 0 Å². The van der Waals surface area contributed by atoms with Crippen LogP contribution < -0.4 is 19.6 Å². The van der Waals surface area contributed by atoms with Gasteiger partial charge in [0.05, 0.1) is 0 Å². The second-order valence-corrected chi connectivity index (χ2v) is 5.56. The maximum absolute atomic E-state index is 12.8. The molecule has 0 amide bonds. The van der Waals surface area contributed by atoms with Gasteiger partial charge in [-0.3, -0.25) is 4.79 Å². The lowest BCUT2D eigenvalue weighted by Crippen LogP contribution is -2.36. The van der Waals surface area contributed by atoms with Crippen molar-refractivity contribution in [3.05, 3.63) is 28.4 Å². The first-order valence-electron chi connectivity index (χ1n) is 7.23. The van der Waals surface area contributed by atoms with E-state index in [4.69, 9.17) is 23.4 Å². The molecule has 3 aromatic rings. The summed E-state index contributed by atoms with van der Waals surface area (Å²) >= 11 is 0. The standard InChI is InChI=1S/C15H7BO10/c17-5-2-1-4(3-6(5)18)11-15-9(20)7-8(19)13-10(21)14(12(7)22-11)24-16(23-13)26-25-15/h1-3,17-19,21H. The van der Waals surface area contributed by atoms with Gasteiger partial charge in [0.15, 0.2) is 40.1 Å². The first kappa shape index (κ1) is 14.6. The summed E-state index contributed by atoms with van der Waals surface area (Å²) in [6.07, 6.45) is 0. The molecule has 1 aromatic heterocycles. The summed E-state index contributed by atoms with van der Waals surface area (Å²) < 4.78 is 16.0. The maximum atomic E-state index is 12.8. The lowest BCUT2D eigenvalue weighted by molar-refractivity contribution is -0.134. The molecule has 26 heavy (non-hydrogen) atoms. The Kier molecular flexibility index (Phi) is 2.62. The van der Waals surface area contributed by atoms with Crippen LogP contribution in [0, 0.1) is 0 Å². The first-order chi connectivity index (χ1) is 12.5. The van der Waals surface area contributed by atoms with Crippen molar-refractivity contribution in [2.24, 2.45) is 0 Å². The number of hydrogen-bond donors (Lipinski definition) is 4. The Bertz CT molecular complexity index is 1170. The fraction of sp³-hybridized carbons (Fsp3) is 0. The van der Waals surface area contributed by atoms with E-state index in [0.717, 1.165) is 6.07 Å². The molecule has 0 saturated heterocycles. The zero-order chi connectivity index (χ0) is 18.2. The van der Waals surface area contributed by atoms with E-state index in [2.05, 4.69) is 0 Å². The van der Waals surface area contributed by atoms with Crippen molar-refractivity contribution < 1.29 is 43.8 Å². The monoisotopic (exact) mass is 358 g/mol. The highest BCUT2D eigenvalue weighted by atomic mass is 17.2. The molecule has 4 N–H and O–H groups in total. The van der Waals surface area contributed by atoms with Gasteiger partial charge in [0.2, 0.25) is 11.2 Å². The van der Waals surface area contributed by atoms with Crippen molar-refractivity contribution in [3.63, 3.8) is 0 Å². The maximum Gasteiger partial charge on any atom is 0.826 e. The van der Waals surface area contributed by atoms with Crippen LogP contribution in [0.2, 0.25) is 0 Å². The number of phenols is 4. The third kappa shape index (κ3) is 1.71. The summed E-state index contributed by atoms with van der Waals surface area (Å²) in [6, 6.07) is 3.66. The van der Waals surface area contributed by atoms with Crippen LogP contribution in [-0.4, -0.2) is 27.7 Å². The first-order valence-corrected chi connectivity index (χ1v) is 7.23. The van der Waals surface area contributed by atoms with Crippen molar-refractivity contribution >= 4 is 18.3 Å². The minimum absolute atomic E-state index is 0.158. The van der Waals surface area contributed by atoms with Gasteiger partial charge >= 0.3 is 7.32 Å². The van der Waals surface area contributed by atoms with Crippen LogP contribution >= 0.6 is 0 Å². The largest absolute Gasteiger partial charge is 0.826 e. The van der Waals surface area contributed by atoms with Gasteiger partial charge in [0.1, 0.15) is 5.39 Å². The van der Waals surface area contributed by atoms with Crippen molar-refractivity contribution in [2.75, 3.05) is 0 Å². The molecule has 7 rings (SSSR count). The van der Waals surface area contributed by atoms with Gasteiger partial charge in [0, 0.05) is 5.56 Å². The molecule has 0 radical (unpaired) electrons. The van der Waals surface area contributed by atoms with Gasteiger partial charge in [-0.05, 0) is 18.2 Å². The summed E-state index contributed by atoms with van der Waals surface area (Å²) in [5.41, 5.74) is -0.920. The Hall–Kier alpha value is -3.73. The van der Waals surface area contributed by atoms with E-state index in [1.54, 1.807) is 0 Å². The third-order valence-electron chi connectivity index (χ3n) is 4.03. The fourth-order valence-electron chi connectivity index (χ4n) is 2.83. The van der Waals surface area contributed by atoms with Crippen LogP contribution in [0.5, 0.6) is 40.2 Å². The van der Waals surface area contributed by atoms with Crippen LogP contribution in [0.4, 0.5) is 0 Å². The number of fused-ring (bicyclic) bond motifs is 1. The van der Waals surface area contributed by atoms with Crippen LogP contribution in [0.3, 0.4) is 0 Å². The summed E-state index contributed by atoms with van der Waals surface area (Å²) in [5.74, 6) is -3.38. The topological polar surface area (TPSA) is 148 Å². The SMILES string of the molecule is O=c1c2c(-c3ccc(O)c(O)c3)oc3c4c(O)c(c(O)c13)OB(OO2)O4. The molecule has 0 aliphatic carbocycles. The number of hydrogen-bond acceptors (Lipinski definition) is 10. The zero-order valence-electron chi connectivity index (χ0n) is 12.5. The second-order valence-electron chi connectivity index (χ2n) is 5.56. The van der Waals surface area contributed by atoms with Crippen LogP contribution in [0.1, 0.15) is 0 Å². The van der Waals surface area contributed by atoms with Crippen LogP contribution in [0.25, 0.3) is 22.3 Å². The molecule has 11 heteroatoms. The lowest BCUT2D eigenvalue weighted by Gasteiger charge is -2.21. The smallest absolute Gasteiger partial charge is 0.504 e. The third-order valence-corrected chi connectivity index (χ3v) is 4.03. The molecule has 2 aromatic carbocycles. The second kappa shape index (κ2) is 4.67. The number of phenolic OH excluding ortho intramolecular Hbond substituents is 4.